The number of aromatic nitrogens is 2. The number of pyridine rings is 2. The summed E-state index contributed by atoms with van der Waals surface area (Å²) in [4.78, 5) is 8.41. The maximum absolute atomic E-state index is 12.3. The fourth-order valence-electron chi connectivity index (χ4n) is 2.16. The SMILES string of the molecule is O=S(=O)(NCc1ccnc(-c2ccncc2)c1)c1cccc(Cl)c1. The van der Waals surface area contributed by atoms with E-state index in [1.165, 1.54) is 12.1 Å². The predicted molar refractivity (Wildman–Crippen MR) is 92.9 cm³/mol. The summed E-state index contributed by atoms with van der Waals surface area (Å²) >= 11 is 5.85. The van der Waals surface area contributed by atoms with E-state index >= 15 is 0 Å². The standard InChI is InChI=1S/C17H14ClN3O2S/c18-15-2-1-3-16(11-15)24(22,23)21-12-13-4-9-20-17(10-13)14-5-7-19-8-6-14/h1-11,21H,12H2. The van der Waals surface area contributed by atoms with Crippen molar-refractivity contribution in [3.05, 3.63) is 77.7 Å². The molecule has 0 spiro atoms. The Morgan fingerprint density at radius 3 is 2.54 bits per heavy atom. The molecule has 1 aromatic carbocycles. The molecule has 0 amide bonds. The van der Waals surface area contributed by atoms with Crippen molar-refractivity contribution in [1.29, 1.82) is 0 Å². The van der Waals surface area contributed by atoms with Crippen molar-refractivity contribution in [1.82, 2.24) is 14.7 Å². The average Bonchev–Trinajstić information content (AvgIpc) is 2.61. The second kappa shape index (κ2) is 7.09. The topological polar surface area (TPSA) is 72.0 Å². The minimum absolute atomic E-state index is 0.137. The van der Waals surface area contributed by atoms with Crippen molar-refractivity contribution in [2.75, 3.05) is 0 Å². The third kappa shape index (κ3) is 3.97. The molecule has 7 heteroatoms. The van der Waals surface area contributed by atoms with Crippen LogP contribution in [0.5, 0.6) is 0 Å². The lowest BCUT2D eigenvalue weighted by Crippen LogP contribution is -2.23. The van der Waals surface area contributed by atoms with Crippen molar-refractivity contribution < 1.29 is 8.42 Å². The average molecular weight is 360 g/mol. The largest absolute Gasteiger partial charge is 0.265 e. The molecule has 3 rings (SSSR count). The maximum Gasteiger partial charge on any atom is 0.240 e. The summed E-state index contributed by atoms with van der Waals surface area (Å²) in [6.07, 6.45) is 5.02. The van der Waals surface area contributed by atoms with Crippen LogP contribution in [0.3, 0.4) is 0 Å². The zero-order chi connectivity index (χ0) is 17.0. The lowest BCUT2D eigenvalue weighted by molar-refractivity contribution is 0.581. The van der Waals surface area contributed by atoms with Crippen molar-refractivity contribution in [3.8, 4) is 11.3 Å². The van der Waals surface area contributed by atoms with Gasteiger partial charge in [0, 0.05) is 35.7 Å². The molecule has 2 aromatic heterocycles. The number of benzene rings is 1. The molecular formula is C17H14ClN3O2S. The van der Waals surface area contributed by atoms with Crippen molar-refractivity contribution in [2.45, 2.75) is 11.4 Å². The molecule has 0 atom stereocenters. The van der Waals surface area contributed by atoms with Gasteiger partial charge >= 0.3 is 0 Å². The van der Waals surface area contributed by atoms with E-state index in [-0.39, 0.29) is 11.4 Å². The molecule has 0 saturated carbocycles. The molecule has 3 aromatic rings. The van der Waals surface area contributed by atoms with Crippen LogP contribution in [0.1, 0.15) is 5.56 Å². The van der Waals surface area contributed by atoms with Crippen LogP contribution in [-0.2, 0) is 16.6 Å². The third-order valence-corrected chi connectivity index (χ3v) is 5.01. The number of hydrogen-bond donors (Lipinski definition) is 1. The number of hydrogen-bond acceptors (Lipinski definition) is 4. The maximum atomic E-state index is 12.3. The normalized spacial score (nSPS) is 11.4. The number of nitrogens with zero attached hydrogens (tertiary/aromatic N) is 2. The molecule has 0 aliphatic carbocycles. The van der Waals surface area contributed by atoms with Gasteiger partial charge in [-0.25, -0.2) is 13.1 Å². The van der Waals surface area contributed by atoms with Crippen LogP contribution in [0.15, 0.2) is 72.0 Å². The number of nitrogens with one attached hydrogen (secondary N) is 1. The van der Waals surface area contributed by atoms with Gasteiger partial charge in [-0.05, 0) is 48.0 Å². The zero-order valence-corrected chi connectivity index (χ0v) is 14.1. The molecule has 0 aliphatic heterocycles. The van der Waals surface area contributed by atoms with E-state index in [9.17, 15) is 8.42 Å². The van der Waals surface area contributed by atoms with E-state index in [1.54, 1.807) is 36.8 Å². The summed E-state index contributed by atoms with van der Waals surface area (Å²) in [6, 6.07) is 13.5. The van der Waals surface area contributed by atoms with Gasteiger partial charge in [-0.1, -0.05) is 17.7 Å². The molecule has 0 fully saturated rings. The summed E-state index contributed by atoms with van der Waals surface area (Å²) < 4.78 is 27.2. The zero-order valence-electron chi connectivity index (χ0n) is 12.6. The predicted octanol–water partition coefficient (Wildman–Crippen LogP) is 3.28. The fourth-order valence-corrected chi connectivity index (χ4v) is 3.48. The number of sulfonamides is 1. The minimum Gasteiger partial charge on any atom is -0.265 e. The van der Waals surface area contributed by atoms with E-state index in [2.05, 4.69) is 14.7 Å². The highest BCUT2D eigenvalue weighted by Gasteiger charge is 2.14. The summed E-state index contributed by atoms with van der Waals surface area (Å²) in [5, 5.41) is 0.377. The third-order valence-electron chi connectivity index (χ3n) is 3.37. The molecule has 0 radical (unpaired) electrons. The Kier molecular flexibility index (Phi) is 4.89. The molecule has 122 valence electrons. The molecule has 24 heavy (non-hydrogen) atoms. The Hall–Kier alpha value is -2.28. The first-order valence-corrected chi connectivity index (χ1v) is 9.01. The van der Waals surface area contributed by atoms with Gasteiger partial charge in [-0.15, -0.1) is 0 Å². The highest BCUT2D eigenvalue weighted by Crippen LogP contribution is 2.18. The van der Waals surface area contributed by atoms with Gasteiger partial charge < -0.3 is 0 Å². The highest BCUT2D eigenvalue weighted by atomic mass is 35.5. The monoisotopic (exact) mass is 359 g/mol. The minimum atomic E-state index is -3.62. The number of halogens is 1. The first-order valence-electron chi connectivity index (χ1n) is 7.15. The van der Waals surface area contributed by atoms with Crippen molar-refractivity contribution in [3.63, 3.8) is 0 Å². The quantitative estimate of drug-likeness (QED) is 0.758. The Morgan fingerprint density at radius 1 is 1.00 bits per heavy atom. The van der Waals surface area contributed by atoms with Gasteiger partial charge in [-0.2, -0.15) is 0 Å². The second-order valence-corrected chi connectivity index (χ2v) is 7.27. The highest BCUT2D eigenvalue weighted by molar-refractivity contribution is 7.89. The molecule has 2 heterocycles. The van der Waals surface area contributed by atoms with Crippen LogP contribution < -0.4 is 4.72 Å². The molecule has 5 nitrogen and oxygen atoms in total. The molecule has 0 aliphatic rings. The van der Waals surface area contributed by atoms with Crippen LogP contribution in [0.4, 0.5) is 0 Å². The molecule has 1 N–H and O–H groups in total. The van der Waals surface area contributed by atoms with Crippen LogP contribution in [0, 0.1) is 0 Å². The van der Waals surface area contributed by atoms with Crippen LogP contribution in [-0.4, -0.2) is 18.4 Å². The summed E-state index contributed by atoms with van der Waals surface area (Å²) in [6.45, 7) is 0.162. The Morgan fingerprint density at radius 2 is 1.79 bits per heavy atom. The van der Waals surface area contributed by atoms with Gasteiger partial charge in [0.15, 0.2) is 0 Å². The molecule has 0 bridgehead atoms. The smallest absolute Gasteiger partial charge is 0.240 e. The van der Waals surface area contributed by atoms with Gasteiger partial charge in [0.25, 0.3) is 0 Å². The van der Waals surface area contributed by atoms with E-state index < -0.39 is 10.0 Å². The van der Waals surface area contributed by atoms with Crippen LogP contribution in [0.2, 0.25) is 5.02 Å². The summed E-state index contributed by atoms with van der Waals surface area (Å²) in [7, 11) is -3.62. The van der Waals surface area contributed by atoms with Crippen molar-refractivity contribution >= 4 is 21.6 Å². The van der Waals surface area contributed by atoms with Crippen LogP contribution >= 0.6 is 11.6 Å². The van der Waals surface area contributed by atoms with Crippen LogP contribution in [0.25, 0.3) is 11.3 Å². The molecule has 0 saturated heterocycles. The Bertz CT molecular complexity index is 947. The van der Waals surface area contributed by atoms with Gasteiger partial charge in [0.2, 0.25) is 10.0 Å². The Labute approximate surface area is 145 Å². The lowest BCUT2D eigenvalue weighted by Gasteiger charge is -2.08. The fraction of sp³-hybridized carbons (Fsp3) is 0.0588. The molecule has 0 unspecified atom stereocenters. The van der Waals surface area contributed by atoms with E-state index in [4.69, 9.17) is 11.6 Å². The summed E-state index contributed by atoms with van der Waals surface area (Å²) in [5.41, 5.74) is 2.49. The van der Waals surface area contributed by atoms with Crippen molar-refractivity contribution in [2.24, 2.45) is 0 Å². The van der Waals surface area contributed by atoms with E-state index in [0.29, 0.717) is 5.02 Å². The first kappa shape index (κ1) is 16.6. The van der Waals surface area contributed by atoms with Gasteiger partial charge in [0.1, 0.15) is 0 Å². The van der Waals surface area contributed by atoms with E-state index in [0.717, 1.165) is 16.8 Å². The van der Waals surface area contributed by atoms with Gasteiger partial charge in [0.05, 0.1) is 10.6 Å². The summed E-state index contributed by atoms with van der Waals surface area (Å²) in [5.74, 6) is 0. The number of rotatable bonds is 5. The van der Waals surface area contributed by atoms with Gasteiger partial charge in [-0.3, -0.25) is 9.97 Å². The molecular weight excluding hydrogens is 346 g/mol. The lowest BCUT2D eigenvalue weighted by atomic mass is 10.1. The van der Waals surface area contributed by atoms with E-state index in [1.807, 2.05) is 18.2 Å². The second-order valence-electron chi connectivity index (χ2n) is 5.07. The Balaban J connectivity index is 1.78. The first-order chi connectivity index (χ1) is 11.5.